The summed E-state index contributed by atoms with van der Waals surface area (Å²) in [7, 11) is 4.08. The number of H-pyrrole nitrogens is 1. The third-order valence-corrected chi connectivity index (χ3v) is 6.96. The normalized spacial score (nSPS) is 15.5. The number of aromatic hydroxyl groups is 1. The van der Waals surface area contributed by atoms with Gasteiger partial charge >= 0.3 is 0 Å². The Morgan fingerprint density at radius 2 is 1.81 bits per heavy atom. The second kappa shape index (κ2) is 10.2. The lowest BCUT2D eigenvalue weighted by atomic mass is 10.1. The number of carbonyl (C=O) groups excluding carboxylic acids is 2. The predicted molar refractivity (Wildman–Crippen MR) is 136 cm³/mol. The van der Waals surface area contributed by atoms with Gasteiger partial charge in [0.1, 0.15) is 11.5 Å². The quantitative estimate of drug-likeness (QED) is 0.492. The first-order valence-electron chi connectivity index (χ1n) is 12.6. The SMILES string of the molecule is CN(C)CCCOc1ccc2c(c1)CN(C(=O)c1cc3c(C(=O)N4CCCCC4)n[nH]c3cc1O)C2. The lowest BCUT2D eigenvalue weighted by Gasteiger charge is -2.26. The zero-order valence-corrected chi connectivity index (χ0v) is 20.9. The number of aromatic nitrogens is 2. The fraction of sp³-hybridized carbons (Fsp3) is 0.444. The number of nitrogens with one attached hydrogen (secondary N) is 1. The van der Waals surface area contributed by atoms with E-state index >= 15 is 0 Å². The van der Waals surface area contributed by atoms with Crippen LogP contribution in [0.25, 0.3) is 10.9 Å². The Bertz CT molecular complexity index is 1280. The number of phenolic OH excluding ortho intramolecular Hbond substituents is 1. The zero-order chi connectivity index (χ0) is 25.2. The number of hydrogen-bond donors (Lipinski definition) is 2. The minimum atomic E-state index is -0.281. The van der Waals surface area contributed by atoms with Crippen molar-refractivity contribution in [1.29, 1.82) is 0 Å². The van der Waals surface area contributed by atoms with Gasteiger partial charge < -0.3 is 24.5 Å². The molecule has 190 valence electrons. The molecule has 3 aromatic rings. The van der Waals surface area contributed by atoms with Gasteiger partial charge in [-0.05, 0) is 69.1 Å². The summed E-state index contributed by atoms with van der Waals surface area (Å²) in [5.41, 5.74) is 3.10. The Morgan fingerprint density at radius 3 is 2.58 bits per heavy atom. The van der Waals surface area contributed by atoms with Crippen molar-refractivity contribution in [1.82, 2.24) is 24.9 Å². The Balaban J connectivity index is 1.32. The Morgan fingerprint density at radius 1 is 1.03 bits per heavy atom. The van der Waals surface area contributed by atoms with E-state index in [1.54, 1.807) is 11.0 Å². The maximum absolute atomic E-state index is 13.4. The smallest absolute Gasteiger partial charge is 0.274 e. The van der Waals surface area contributed by atoms with Crippen LogP contribution in [0.1, 0.15) is 57.7 Å². The van der Waals surface area contributed by atoms with Crippen LogP contribution < -0.4 is 4.74 Å². The van der Waals surface area contributed by atoms with Crippen molar-refractivity contribution in [2.24, 2.45) is 0 Å². The van der Waals surface area contributed by atoms with Gasteiger partial charge in [-0.2, -0.15) is 5.10 Å². The Labute approximate surface area is 210 Å². The lowest BCUT2D eigenvalue weighted by molar-refractivity contribution is 0.0717. The number of phenols is 1. The van der Waals surface area contributed by atoms with Gasteiger partial charge in [0, 0.05) is 44.2 Å². The molecule has 1 aromatic heterocycles. The van der Waals surface area contributed by atoms with Crippen molar-refractivity contribution in [2.75, 3.05) is 40.3 Å². The highest BCUT2D eigenvalue weighted by atomic mass is 16.5. The molecule has 0 bridgehead atoms. The standard InChI is InChI=1S/C27H33N5O4/c1-30(2)9-6-12-36-20-8-7-18-16-32(17-19(18)13-20)26(34)22-14-21-23(15-24(22)33)28-29-25(21)27(35)31-10-4-3-5-11-31/h7-8,13-15,33H,3-6,9-12,16-17H2,1-2H3,(H,28,29). The molecule has 0 spiro atoms. The van der Waals surface area contributed by atoms with Crippen molar-refractivity contribution in [3.05, 3.63) is 52.7 Å². The first kappa shape index (κ1) is 24.1. The summed E-state index contributed by atoms with van der Waals surface area (Å²) in [6.07, 6.45) is 4.03. The molecule has 1 saturated heterocycles. The highest BCUT2D eigenvalue weighted by Crippen LogP contribution is 2.32. The van der Waals surface area contributed by atoms with E-state index < -0.39 is 0 Å². The van der Waals surface area contributed by atoms with Crippen LogP contribution in [0.2, 0.25) is 0 Å². The summed E-state index contributed by atoms with van der Waals surface area (Å²) in [4.78, 5) is 32.2. The number of ether oxygens (including phenoxy) is 1. The molecular weight excluding hydrogens is 458 g/mol. The van der Waals surface area contributed by atoms with Crippen molar-refractivity contribution >= 4 is 22.7 Å². The monoisotopic (exact) mass is 491 g/mol. The van der Waals surface area contributed by atoms with Gasteiger partial charge in [0.15, 0.2) is 5.69 Å². The molecule has 36 heavy (non-hydrogen) atoms. The van der Waals surface area contributed by atoms with Gasteiger partial charge in [-0.1, -0.05) is 6.07 Å². The molecule has 2 amide bonds. The summed E-state index contributed by atoms with van der Waals surface area (Å²) in [5, 5.41) is 18.3. The van der Waals surface area contributed by atoms with Crippen molar-refractivity contribution < 1.29 is 19.4 Å². The highest BCUT2D eigenvalue weighted by Gasteiger charge is 2.29. The third kappa shape index (κ3) is 4.88. The number of fused-ring (bicyclic) bond motifs is 2. The second-order valence-electron chi connectivity index (χ2n) is 9.94. The molecule has 9 nitrogen and oxygen atoms in total. The number of benzene rings is 2. The number of piperidine rings is 1. The van der Waals surface area contributed by atoms with Gasteiger partial charge in [0.05, 0.1) is 17.7 Å². The number of amides is 2. The predicted octanol–water partition coefficient (Wildman–Crippen LogP) is 3.38. The molecule has 0 unspecified atom stereocenters. The van der Waals surface area contributed by atoms with Crippen LogP contribution >= 0.6 is 0 Å². The average Bonchev–Trinajstić information content (AvgIpc) is 3.49. The van der Waals surface area contributed by atoms with Gasteiger partial charge in [-0.3, -0.25) is 14.7 Å². The van der Waals surface area contributed by atoms with E-state index in [0.29, 0.717) is 49.4 Å². The average molecular weight is 492 g/mol. The summed E-state index contributed by atoms with van der Waals surface area (Å²) in [6, 6.07) is 9.00. The minimum Gasteiger partial charge on any atom is -0.507 e. The van der Waals surface area contributed by atoms with Crippen LogP contribution in [0, 0.1) is 0 Å². The van der Waals surface area contributed by atoms with E-state index in [1.165, 1.54) is 6.07 Å². The fourth-order valence-corrected chi connectivity index (χ4v) is 4.98. The molecule has 0 saturated carbocycles. The second-order valence-corrected chi connectivity index (χ2v) is 9.94. The van der Waals surface area contributed by atoms with Gasteiger partial charge in [-0.25, -0.2) is 0 Å². The number of nitrogens with zero attached hydrogens (tertiary/aromatic N) is 4. The molecular formula is C27H33N5O4. The molecule has 0 radical (unpaired) electrons. The molecule has 9 heteroatoms. The number of hydrogen-bond acceptors (Lipinski definition) is 6. The largest absolute Gasteiger partial charge is 0.507 e. The molecule has 1 fully saturated rings. The molecule has 2 aliphatic rings. The van der Waals surface area contributed by atoms with Crippen LogP contribution in [-0.4, -0.2) is 82.2 Å². The van der Waals surface area contributed by atoms with Gasteiger partial charge in [0.2, 0.25) is 0 Å². The van der Waals surface area contributed by atoms with Crippen LogP contribution in [-0.2, 0) is 13.1 Å². The first-order chi connectivity index (χ1) is 17.4. The number of carbonyl (C=O) groups is 2. The zero-order valence-electron chi connectivity index (χ0n) is 20.9. The van der Waals surface area contributed by atoms with E-state index in [1.807, 2.05) is 37.2 Å². The molecule has 2 aliphatic heterocycles. The minimum absolute atomic E-state index is 0.131. The first-order valence-corrected chi connectivity index (χ1v) is 12.6. The molecule has 0 atom stereocenters. The highest BCUT2D eigenvalue weighted by molar-refractivity contribution is 6.08. The summed E-state index contributed by atoms with van der Waals surface area (Å²) < 4.78 is 5.89. The Hall–Kier alpha value is -3.59. The number of rotatable bonds is 7. The van der Waals surface area contributed by atoms with Crippen molar-refractivity contribution in [3.63, 3.8) is 0 Å². The van der Waals surface area contributed by atoms with E-state index in [4.69, 9.17) is 4.74 Å². The molecule has 0 aliphatic carbocycles. The van der Waals surface area contributed by atoms with Crippen LogP contribution in [0.15, 0.2) is 30.3 Å². The summed E-state index contributed by atoms with van der Waals surface area (Å²) in [6.45, 7) is 3.91. The van der Waals surface area contributed by atoms with Crippen molar-refractivity contribution in [2.45, 2.75) is 38.8 Å². The van der Waals surface area contributed by atoms with Gasteiger partial charge in [0.25, 0.3) is 11.8 Å². The van der Waals surface area contributed by atoms with Crippen LogP contribution in [0.4, 0.5) is 0 Å². The van der Waals surface area contributed by atoms with Gasteiger partial charge in [-0.15, -0.1) is 0 Å². The van der Waals surface area contributed by atoms with E-state index in [2.05, 4.69) is 15.1 Å². The van der Waals surface area contributed by atoms with Crippen LogP contribution in [0.5, 0.6) is 11.5 Å². The van der Waals surface area contributed by atoms with E-state index in [0.717, 1.165) is 49.1 Å². The number of aromatic amines is 1. The molecule has 5 rings (SSSR count). The fourth-order valence-electron chi connectivity index (χ4n) is 4.98. The van der Waals surface area contributed by atoms with Crippen LogP contribution in [0.3, 0.4) is 0 Å². The van der Waals surface area contributed by atoms with E-state index in [-0.39, 0.29) is 23.1 Å². The van der Waals surface area contributed by atoms with E-state index in [9.17, 15) is 14.7 Å². The maximum Gasteiger partial charge on any atom is 0.274 e. The maximum atomic E-state index is 13.4. The Kier molecular flexibility index (Phi) is 6.82. The summed E-state index contributed by atoms with van der Waals surface area (Å²) in [5.74, 6) is 0.243. The topological polar surface area (TPSA) is 102 Å². The molecule has 2 N–H and O–H groups in total. The molecule has 2 aromatic carbocycles. The lowest BCUT2D eigenvalue weighted by Crippen LogP contribution is -2.35. The van der Waals surface area contributed by atoms with Crippen molar-refractivity contribution in [3.8, 4) is 11.5 Å². The molecule has 3 heterocycles. The number of likely N-dealkylation sites (tertiary alicyclic amines) is 1. The summed E-state index contributed by atoms with van der Waals surface area (Å²) >= 11 is 0. The third-order valence-electron chi connectivity index (χ3n) is 6.96.